The third-order valence-corrected chi connectivity index (χ3v) is 2.38. The van der Waals surface area contributed by atoms with Gasteiger partial charge in [-0.25, -0.2) is 4.39 Å². The molecule has 0 aliphatic carbocycles. The van der Waals surface area contributed by atoms with Crippen LogP contribution < -0.4 is 10.6 Å². The zero-order valence-electron chi connectivity index (χ0n) is 7.77. The fraction of sp³-hybridized carbons (Fsp3) is 0.200. The predicted octanol–water partition coefficient (Wildman–Crippen LogP) is 0.696. The second-order valence-corrected chi connectivity index (χ2v) is 3.26. The molecule has 2 rings (SSSR count). The van der Waals surface area contributed by atoms with Crippen LogP contribution in [0.25, 0.3) is 0 Å². The maximum atomic E-state index is 12.9. The third-order valence-electron chi connectivity index (χ3n) is 2.38. The molecule has 0 saturated heterocycles. The lowest BCUT2D eigenvalue weighted by Gasteiger charge is -2.12. The van der Waals surface area contributed by atoms with E-state index in [2.05, 4.69) is 0 Å². The summed E-state index contributed by atoms with van der Waals surface area (Å²) in [6.07, 6.45) is 0. The van der Waals surface area contributed by atoms with Crippen LogP contribution in [0.1, 0.15) is 11.6 Å². The van der Waals surface area contributed by atoms with Crippen LogP contribution in [0.15, 0.2) is 18.2 Å². The first-order valence-electron chi connectivity index (χ1n) is 4.38. The zero-order chi connectivity index (χ0) is 11.0. The normalized spacial score (nSPS) is 18.9. The Morgan fingerprint density at radius 3 is 3.00 bits per heavy atom. The van der Waals surface area contributed by atoms with Crippen molar-refractivity contribution in [1.82, 2.24) is 0 Å². The summed E-state index contributed by atoms with van der Waals surface area (Å²) in [7, 11) is 0. The highest BCUT2D eigenvalue weighted by Gasteiger charge is 2.34. The Bertz CT molecular complexity index is 466. The quantitative estimate of drug-likeness (QED) is 0.686. The van der Waals surface area contributed by atoms with Gasteiger partial charge in [-0.2, -0.15) is 5.26 Å². The van der Waals surface area contributed by atoms with Gasteiger partial charge in [0.15, 0.2) is 0 Å². The molecule has 1 aromatic rings. The van der Waals surface area contributed by atoms with Crippen molar-refractivity contribution in [2.75, 3.05) is 11.4 Å². The topological polar surface area (TPSA) is 70.1 Å². The Labute approximate surface area is 85.7 Å². The maximum absolute atomic E-state index is 12.9. The summed E-state index contributed by atoms with van der Waals surface area (Å²) in [5.41, 5.74) is 6.58. The van der Waals surface area contributed by atoms with Crippen LogP contribution in [-0.4, -0.2) is 12.5 Å². The third kappa shape index (κ3) is 1.35. The molecule has 1 unspecified atom stereocenters. The van der Waals surface area contributed by atoms with E-state index in [1.807, 2.05) is 6.07 Å². The van der Waals surface area contributed by atoms with E-state index in [9.17, 15) is 9.18 Å². The molecule has 0 radical (unpaired) electrons. The van der Waals surface area contributed by atoms with Crippen LogP contribution in [0.2, 0.25) is 0 Å². The Morgan fingerprint density at radius 2 is 2.33 bits per heavy atom. The number of carbonyl (C=O) groups is 1. The van der Waals surface area contributed by atoms with Gasteiger partial charge in [0.2, 0.25) is 5.91 Å². The molecule has 1 atom stereocenters. The number of benzene rings is 1. The molecule has 1 heterocycles. The van der Waals surface area contributed by atoms with Crippen LogP contribution in [0.4, 0.5) is 10.1 Å². The first kappa shape index (κ1) is 9.62. The fourth-order valence-corrected chi connectivity index (χ4v) is 1.67. The molecule has 0 fully saturated rings. The number of amides is 1. The minimum absolute atomic E-state index is 0.0643. The summed E-state index contributed by atoms with van der Waals surface area (Å²) >= 11 is 0. The van der Waals surface area contributed by atoms with Gasteiger partial charge in [0.25, 0.3) is 0 Å². The number of fused-ring (bicyclic) bond motifs is 1. The zero-order valence-corrected chi connectivity index (χ0v) is 7.77. The van der Waals surface area contributed by atoms with Gasteiger partial charge in [-0.3, -0.25) is 9.69 Å². The van der Waals surface area contributed by atoms with E-state index in [0.717, 1.165) is 0 Å². The van der Waals surface area contributed by atoms with Crippen LogP contribution in [0.5, 0.6) is 0 Å². The average molecular weight is 205 g/mol. The standard InChI is InChI=1S/C10H8FN3O/c11-6-1-2-8-7(5-6)9(13)10(15)14(8)4-3-12/h1-2,5,9H,4,13H2. The molecule has 4 nitrogen and oxygen atoms in total. The number of anilines is 1. The number of rotatable bonds is 1. The van der Waals surface area contributed by atoms with Gasteiger partial charge in [-0.05, 0) is 18.2 Å². The molecule has 5 heteroatoms. The van der Waals surface area contributed by atoms with Gasteiger partial charge in [0, 0.05) is 5.56 Å². The largest absolute Gasteiger partial charge is 0.316 e. The van der Waals surface area contributed by atoms with Crippen molar-refractivity contribution in [1.29, 1.82) is 5.26 Å². The number of hydrogen-bond donors (Lipinski definition) is 1. The Morgan fingerprint density at radius 1 is 1.60 bits per heavy atom. The SMILES string of the molecule is N#CCN1C(=O)C(N)c2cc(F)ccc21. The summed E-state index contributed by atoms with van der Waals surface area (Å²) in [6, 6.07) is 4.96. The second-order valence-electron chi connectivity index (χ2n) is 3.26. The van der Waals surface area contributed by atoms with Crippen molar-refractivity contribution in [2.45, 2.75) is 6.04 Å². The molecule has 1 aliphatic rings. The molecule has 1 aliphatic heterocycles. The van der Waals surface area contributed by atoms with Gasteiger partial charge in [-0.1, -0.05) is 0 Å². The molecule has 0 saturated carbocycles. The summed E-state index contributed by atoms with van der Waals surface area (Å²) < 4.78 is 12.9. The molecular formula is C10H8FN3O. The fourth-order valence-electron chi connectivity index (χ4n) is 1.67. The molecule has 0 spiro atoms. The van der Waals surface area contributed by atoms with Gasteiger partial charge in [0.1, 0.15) is 18.4 Å². The van der Waals surface area contributed by atoms with Gasteiger partial charge in [0.05, 0.1) is 11.8 Å². The highest BCUT2D eigenvalue weighted by atomic mass is 19.1. The maximum Gasteiger partial charge on any atom is 0.249 e. The molecule has 76 valence electrons. The minimum atomic E-state index is -0.857. The second kappa shape index (κ2) is 3.33. The monoisotopic (exact) mass is 205 g/mol. The average Bonchev–Trinajstić information content (AvgIpc) is 2.44. The van der Waals surface area contributed by atoms with Gasteiger partial charge < -0.3 is 5.73 Å². The Kier molecular flexibility index (Phi) is 2.14. The smallest absolute Gasteiger partial charge is 0.249 e. The summed E-state index contributed by atoms with van der Waals surface area (Å²) in [5.74, 6) is -0.798. The number of nitrogens with two attached hydrogens (primary N) is 1. The number of nitriles is 1. The lowest BCUT2D eigenvalue weighted by atomic mass is 10.1. The van der Waals surface area contributed by atoms with Crippen molar-refractivity contribution in [3.63, 3.8) is 0 Å². The van der Waals surface area contributed by atoms with Crippen LogP contribution in [0, 0.1) is 17.1 Å². The van der Waals surface area contributed by atoms with E-state index in [-0.39, 0.29) is 12.5 Å². The molecule has 1 aromatic carbocycles. The highest BCUT2D eigenvalue weighted by molar-refractivity contribution is 6.04. The lowest BCUT2D eigenvalue weighted by Crippen LogP contribution is -2.31. The Hall–Kier alpha value is -1.93. The van der Waals surface area contributed by atoms with Crippen LogP contribution in [-0.2, 0) is 4.79 Å². The van der Waals surface area contributed by atoms with E-state index in [1.54, 1.807) is 0 Å². The minimum Gasteiger partial charge on any atom is -0.316 e. The van der Waals surface area contributed by atoms with Crippen molar-refractivity contribution in [2.24, 2.45) is 5.73 Å². The summed E-state index contributed by atoms with van der Waals surface area (Å²) in [4.78, 5) is 12.9. The van der Waals surface area contributed by atoms with E-state index in [4.69, 9.17) is 11.0 Å². The summed E-state index contributed by atoms with van der Waals surface area (Å²) in [5, 5.41) is 8.55. The number of nitrogens with zero attached hydrogens (tertiary/aromatic N) is 2. The van der Waals surface area contributed by atoms with E-state index in [0.29, 0.717) is 11.3 Å². The molecule has 2 N–H and O–H groups in total. The first-order valence-corrected chi connectivity index (χ1v) is 4.38. The van der Waals surface area contributed by atoms with E-state index in [1.165, 1.54) is 23.1 Å². The number of carbonyl (C=O) groups excluding carboxylic acids is 1. The van der Waals surface area contributed by atoms with Gasteiger partial charge >= 0.3 is 0 Å². The van der Waals surface area contributed by atoms with Crippen LogP contribution in [0.3, 0.4) is 0 Å². The lowest BCUT2D eigenvalue weighted by molar-refractivity contribution is -0.119. The predicted molar refractivity (Wildman–Crippen MR) is 51.3 cm³/mol. The molecular weight excluding hydrogens is 197 g/mol. The van der Waals surface area contributed by atoms with Crippen molar-refractivity contribution < 1.29 is 9.18 Å². The molecule has 0 bridgehead atoms. The van der Waals surface area contributed by atoms with E-state index >= 15 is 0 Å². The van der Waals surface area contributed by atoms with Crippen molar-refractivity contribution in [3.8, 4) is 6.07 Å². The Balaban J connectivity index is 2.51. The number of halogens is 1. The molecule has 1 amide bonds. The number of hydrogen-bond acceptors (Lipinski definition) is 3. The van der Waals surface area contributed by atoms with Crippen LogP contribution >= 0.6 is 0 Å². The van der Waals surface area contributed by atoms with Gasteiger partial charge in [-0.15, -0.1) is 0 Å². The van der Waals surface area contributed by atoms with E-state index < -0.39 is 11.9 Å². The molecule has 15 heavy (non-hydrogen) atoms. The first-order chi connectivity index (χ1) is 7.15. The molecule has 0 aromatic heterocycles. The summed E-state index contributed by atoms with van der Waals surface area (Å²) in [6.45, 7) is -0.0643. The van der Waals surface area contributed by atoms with Crippen molar-refractivity contribution >= 4 is 11.6 Å². The van der Waals surface area contributed by atoms with Crippen molar-refractivity contribution in [3.05, 3.63) is 29.6 Å². The highest BCUT2D eigenvalue weighted by Crippen LogP contribution is 2.34.